The van der Waals surface area contributed by atoms with E-state index in [9.17, 15) is 19.2 Å². The summed E-state index contributed by atoms with van der Waals surface area (Å²) in [7, 11) is 3.15. The highest BCUT2D eigenvalue weighted by atomic mass is 16.5. The van der Waals surface area contributed by atoms with Gasteiger partial charge in [-0.25, -0.2) is 4.79 Å². The first kappa shape index (κ1) is 35.4. The van der Waals surface area contributed by atoms with Crippen molar-refractivity contribution in [3.63, 3.8) is 0 Å². The first-order valence-electron chi connectivity index (χ1n) is 15.8. The summed E-state index contributed by atoms with van der Waals surface area (Å²) in [6.45, 7) is 8.09. The molecule has 1 heterocycles. The van der Waals surface area contributed by atoms with Crippen LogP contribution >= 0.6 is 0 Å². The second kappa shape index (κ2) is 16.8. The summed E-state index contributed by atoms with van der Waals surface area (Å²) in [6.07, 6.45) is 3.48. The van der Waals surface area contributed by atoms with Crippen LogP contribution in [0.2, 0.25) is 0 Å². The molecule has 2 aromatic carbocycles. The van der Waals surface area contributed by atoms with Crippen LogP contribution in [0.1, 0.15) is 83.5 Å². The van der Waals surface area contributed by atoms with Gasteiger partial charge in [0.1, 0.15) is 17.9 Å². The van der Waals surface area contributed by atoms with Crippen molar-refractivity contribution < 1.29 is 38.1 Å². The highest BCUT2D eigenvalue weighted by molar-refractivity contribution is 6.38. The lowest BCUT2D eigenvalue weighted by molar-refractivity contribution is -0.164. The van der Waals surface area contributed by atoms with E-state index in [2.05, 4.69) is 5.32 Å². The fraction of sp³-hybridized carbons (Fsp3) is 0.543. The van der Waals surface area contributed by atoms with Gasteiger partial charge in [-0.15, -0.1) is 0 Å². The third-order valence-corrected chi connectivity index (χ3v) is 8.30. The Morgan fingerprint density at radius 1 is 1.00 bits per heavy atom. The summed E-state index contributed by atoms with van der Waals surface area (Å²) >= 11 is 0. The third kappa shape index (κ3) is 9.70. The number of ether oxygens (including phenoxy) is 4. The second-order valence-corrected chi connectivity index (χ2v) is 11.9. The Labute approximate surface area is 266 Å². The molecule has 1 unspecified atom stereocenters. The summed E-state index contributed by atoms with van der Waals surface area (Å²) in [4.78, 5) is 53.7. The van der Waals surface area contributed by atoms with Crippen LogP contribution in [0.15, 0.2) is 42.5 Å². The van der Waals surface area contributed by atoms with Crippen molar-refractivity contribution in [2.24, 2.45) is 5.41 Å². The number of nitrogens with one attached hydrogen (secondary N) is 1. The van der Waals surface area contributed by atoms with Crippen molar-refractivity contribution in [1.82, 2.24) is 10.2 Å². The van der Waals surface area contributed by atoms with Crippen molar-refractivity contribution in [3.05, 3.63) is 53.6 Å². The monoisotopic (exact) mass is 624 g/mol. The van der Waals surface area contributed by atoms with Gasteiger partial charge in [0.15, 0.2) is 18.1 Å². The van der Waals surface area contributed by atoms with Gasteiger partial charge in [0, 0.05) is 18.5 Å². The zero-order valence-electron chi connectivity index (χ0n) is 27.5. The van der Waals surface area contributed by atoms with Gasteiger partial charge >= 0.3 is 5.97 Å². The molecule has 0 radical (unpaired) electrons. The normalized spacial score (nSPS) is 15.5. The molecule has 0 spiro atoms. The lowest BCUT2D eigenvalue weighted by atomic mass is 9.84. The van der Waals surface area contributed by atoms with Crippen LogP contribution in [-0.4, -0.2) is 68.4 Å². The van der Waals surface area contributed by atoms with Gasteiger partial charge < -0.3 is 29.2 Å². The Kier molecular flexibility index (Phi) is 13.2. The van der Waals surface area contributed by atoms with Gasteiger partial charge in [-0.1, -0.05) is 45.9 Å². The number of likely N-dealkylation sites (tertiary alicyclic amines) is 1. The number of hydrogen-bond donors (Lipinski definition) is 1. The maximum Gasteiger partial charge on any atom is 0.329 e. The molecular weight excluding hydrogens is 576 g/mol. The molecule has 45 heavy (non-hydrogen) atoms. The summed E-state index contributed by atoms with van der Waals surface area (Å²) < 4.78 is 22.7. The molecule has 2 amide bonds. The minimum absolute atomic E-state index is 0.138. The number of rotatable bonds is 16. The van der Waals surface area contributed by atoms with E-state index in [-0.39, 0.29) is 12.5 Å². The van der Waals surface area contributed by atoms with E-state index >= 15 is 0 Å². The molecule has 1 aliphatic rings. The molecular formula is C35H48N2O8. The van der Waals surface area contributed by atoms with Crippen LogP contribution in [0.3, 0.4) is 0 Å². The molecule has 1 aliphatic heterocycles. The van der Waals surface area contributed by atoms with Crippen molar-refractivity contribution in [2.75, 3.05) is 33.9 Å². The average molecular weight is 625 g/mol. The van der Waals surface area contributed by atoms with Crippen LogP contribution in [0.5, 0.6) is 17.2 Å². The van der Waals surface area contributed by atoms with Crippen LogP contribution in [0, 0.1) is 5.41 Å². The fourth-order valence-corrected chi connectivity index (χ4v) is 5.12. The molecule has 246 valence electrons. The Morgan fingerprint density at radius 2 is 1.76 bits per heavy atom. The molecule has 0 saturated carbocycles. The zero-order chi connectivity index (χ0) is 33.0. The number of aryl methyl sites for hydroxylation is 1. The molecule has 10 heteroatoms. The number of piperidine rings is 1. The van der Waals surface area contributed by atoms with Crippen molar-refractivity contribution >= 4 is 23.6 Å². The number of ketones is 1. The van der Waals surface area contributed by atoms with E-state index in [1.165, 1.54) is 4.90 Å². The highest BCUT2D eigenvalue weighted by Gasteiger charge is 2.41. The summed E-state index contributed by atoms with van der Waals surface area (Å²) in [6, 6.07) is 11.9. The smallest absolute Gasteiger partial charge is 0.329 e. The minimum Gasteiger partial charge on any atom is -0.493 e. The Morgan fingerprint density at radius 3 is 2.44 bits per heavy atom. The van der Waals surface area contributed by atoms with E-state index in [1.54, 1.807) is 46.3 Å². The number of nitrogens with zero attached hydrogens (tertiary/aromatic N) is 1. The first-order chi connectivity index (χ1) is 21.5. The molecule has 1 saturated heterocycles. The topological polar surface area (TPSA) is 120 Å². The minimum atomic E-state index is -0.854. The number of amides is 2. The van der Waals surface area contributed by atoms with Gasteiger partial charge in [0.25, 0.3) is 11.8 Å². The van der Waals surface area contributed by atoms with E-state index < -0.39 is 35.2 Å². The number of Topliss-reactive ketones (excluding diaryl/α,β-unsaturated/α-hetero) is 1. The zero-order valence-corrected chi connectivity index (χ0v) is 27.5. The van der Waals surface area contributed by atoms with Crippen LogP contribution in [-0.2, 0) is 30.3 Å². The second-order valence-electron chi connectivity index (χ2n) is 11.9. The molecule has 0 bridgehead atoms. The van der Waals surface area contributed by atoms with Gasteiger partial charge in [-0.05, 0) is 80.3 Å². The van der Waals surface area contributed by atoms with Crippen molar-refractivity contribution in [2.45, 2.75) is 84.8 Å². The number of esters is 1. The maximum absolute atomic E-state index is 13.8. The SMILES string of the molecule is CCCNC(=O)COc1cccc([C@@H](CCc2ccc(OC)c(OC)c2)OC(=O)C2CCCCN2C(=O)C(=O)C(C)(C)CC)c1. The molecule has 1 N–H and O–H groups in total. The predicted octanol–water partition coefficient (Wildman–Crippen LogP) is 5.21. The standard InChI is InChI=1S/C35H48N2O8/c1-7-19-36-31(38)23-44-26-13-11-12-25(22-26)28(17-15-24-16-18-29(42-5)30(21-24)43-6)45-34(41)27-14-9-10-20-37(27)33(40)32(39)35(3,4)8-2/h11-13,16,18,21-22,27-28H,7-10,14-15,17,19-20,23H2,1-6H3,(H,36,38)/t27?,28-/m1/s1. The highest BCUT2D eigenvalue weighted by Crippen LogP contribution is 2.32. The van der Waals surface area contributed by atoms with Crippen molar-refractivity contribution in [3.8, 4) is 17.2 Å². The Balaban J connectivity index is 1.85. The lowest BCUT2D eigenvalue weighted by Crippen LogP contribution is -2.53. The van der Waals surface area contributed by atoms with E-state index in [1.807, 2.05) is 38.1 Å². The number of hydrogen-bond acceptors (Lipinski definition) is 8. The summed E-state index contributed by atoms with van der Waals surface area (Å²) in [5, 5.41) is 2.78. The molecule has 0 aromatic heterocycles. The van der Waals surface area contributed by atoms with Crippen LogP contribution < -0.4 is 19.5 Å². The number of benzene rings is 2. The van der Waals surface area contributed by atoms with Crippen LogP contribution in [0.25, 0.3) is 0 Å². The Hall–Kier alpha value is -4.08. The molecule has 10 nitrogen and oxygen atoms in total. The largest absolute Gasteiger partial charge is 0.493 e. The number of methoxy groups -OCH3 is 2. The predicted molar refractivity (Wildman–Crippen MR) is 170 cm³/mol. The fourth-order valence-electron chi connectivity index (χ4n) is 5.12. The number of carbonyl (C=O) groups excluding carboxylic acids is 4. The molecule has 2 aromatic rings. The summed E-state index contributed by atoms with van der Waals surface area (Å²) in [5.41, 5.74) is 0.821. The van der Waals surface area contributed by atoms with Gasteiger partial charge in [0.05, 0.1) is 14.2 Å². The Bertz CT molecular complexity index is 1320. The van der Waals surface area contributed by atoms with Crippen molar-refractivity contribution in [1.29, 1.82) is 0 Å². The average Bonchev–Trinajstić information content (AvgIpc) is 3.07. The molecule has 3 rings (SSSR count). The van der Waals surface area contributed by atoms with Crippen LogP contribution in [0.4, 0.5) is 0 Å². The first-order valence-corrected chi connectivity index (χ1v) is 15.8. The van der Waals surface area contributed by atoms with Gasteiger partial charge in [-0.2, -0.15) is 0 Å². The molecule has 2 atom stereocenters. The maximum atomic E-state index is 13.8. The van der Waals surface area contributed by atoms with E-state index in [0.717, 1.165) is 18.4 Å². The number of carbonyl (C=O) groups is 4. The third-order valence-electron chi connectivity index (χ3n) is 8.30. The molecule has 1 fully saturated rings. The lowest BCUT2D eigenvalue weighted by Gasteiger charge is -2.36. The molecule has 0 aliphatic carbocycles. The summed E-state index contributed by atoms with van der Waals surface area (Å²) in [5.74, 6) is -0.233. The quantitative estimate of drug-likeness (QED) is 0.200. The van der Waals surface area contributed by atoms with E-state index in [0.29, 0.717) is 68.0 Å². The van der Waals surface area contributed by atoms with E-state index in [4.69, 9.17) is 18.9 Å². The van der Waals surface area contributed by atoms with Gasteiger partial charge in [-0.3, -0.25) is 14.4 Å². The van der Waals surface area contributed by atoms with Gasteiger partial charge in [0.2, 0.25) is 5.78 Å².